The van der Waals surface area contributed by atoms with Gasteiger partial charge in [0.05, 0.1) is 6.42 Å². The molecule has 3 heteroatoms. The quantitative estimate of drug-likeness (QED) is 0.838. The van der Waals surface area contributed by atoms with E-state index in [-0.39, 0.29) is 12.3 Å². The first-order chi connectivity index (χ1) is 7.08. The number of rotatable bonds is 2. The van der Waals surface area contributed by atoms with Gasteiger partial charge in [0, 0.05) is 5.02 Å². The van der Waals surface area contributed by atoms with Crippen LogP contribution in [-0.2, 0) is 11.2 Å². The van der Waals surface area contributed by atoms with E-state index < -0.39 is 5.97 Å². The van der Waals surface area contributed by atoms with Crippen molar-refractivity contribution in [2.24, 2.45) is 5.92 Å². The van der Waals surface area contributed by atoms with Crippen molar-refractivity contribution in [3.05, 3.63) is 34.3 Å². The van der Waals surface area contributed by atoms with Gasteiger partial charge in [-0.2, -0.15) is 0 Å². The molecule has 0 amide bonds. The molecule has 0 spiro atoms. The van der Waals surface area contributed by atoms with Crippen LogP contribution < -0.4 is 0 Å². The molecular formula is C12H13ClO2. The summed E-state index contributed by atoms with van der Waals surface area (Å²) in [6.45, 7) is 2.10. The van der Waals surface area contributed by atoms with Gasteiger partial charge in [0.25, 0.3) is 0 Å². The molecule has 2 rings (SSSR count). The zero-order valence-electron chi connectivity index (χ0n) is 8.53. The van der Waals surface area contributed by atoms with Crippen LogP contribution in [0.5, 0.6) is 0 Å². The maximum atomic E-state index is 10.8. The molecule has 80 valence electrons. The molecule has 0 bridgehead atoms. The van der Waals surface area contributed by atoms with Crippen LogP contribution in [0.4, 0.5) is 0 Å². The minimum Gasteiger partial charge on any atom is -0.481 e. The van der Waals surface area contributed by atoms with Crippen molar-refractivity contribution >= 4 is 17.6 Å². The summed E-state index contributed by atoms with van der Waals surface area (Å²) in [7, 11) is 0. The summed E-state index contributed by atoms with van der Waals surface area (Å²) in [6, 6.07) is 5.79. The van der Waals surface area contributed by atoms with Gasteiger partial charge in [-0.05, 0) is 41.5 Å². The number of benzene rings is 1. The second-order valence-electron chi connectivity index (χ2n) is 4.23. The van der Waals surface area contributed by atoms with E-state index in [0.717, 1.165) is 12.0 Å². The maximum Gasteiger partial charge on any atom is 0.303 e. The molecule has 1 aliphatic rings. The Kier molecular flexibility index (Phi) is 2.70. The molecule has 1 aromatic rings. The normalized spacial score (nSPS) is 23.9. The lowest BCUT2D eigenvalue weighted by Crippen LogP contribution is -2.09. The third kappa shape index (κ3) is 2.00. The lowest BCUT2D eigenvalue weighted by atomic mass is 9.91. The van der Waals surface area contributed by atoms with Gasteiger partial charge < -0.3 is 5.11 Å². The van der Waals surface area contributed by atoms with Crippen LogP contribution >= 0.6 is 11.6 Å². The molecule has 0 fully saturated rings. The van der Waals surface area contributed by atoms with E-state index in [1.165, 1.54) is 5.56 Å². The monoisotopic (exact) mass is 224 g/mol. The minimum absolute atomic E-state index is 0.121. The number of hydrogen-bond acceptors (Lipinski definition) is 1. The van der Waals surface area contributed by atoms with E-state index in [0.29, 0.717) is 10.9 Å². The van der Waals surface area contributed by atoms with Gasteiger partial charge in [-0.1, -0.05) is 24.6 Å². The standard InChI is InChI=1S/C12H13ClO2/c1-7-4-8-2-3-9(13)5-11(8)10(7)6-12(14)15/h2-3,5,7,10H,4,6H2,1H3,(H,14,15). The maximum absolute atomic E-state index is 10.8. The summed E-state index contributed by atoms with van der Waals surface area (Å²) >= 11 is 5.93. The Morgan fingerprint density at radius 2 is 2.33 bits per heavy atom. The van der Waals surface area contributed by atoms with Crippen molar-refractivity contribution in [2.75, 3.05) is 0 Å². The Morgan fingerprint density at radius 1 is 1.60 bits per heavy atom. The van der Waals surface area contributed by atoms with Gasteiger partial charge in [-0.15, -0.1) is 0 Å². The Bertz CT molecular complexity index is 401. The van der Waals surface area contributed by atoms with E-state index in [9.17, 15) is 4.79 Å². The van der Waals surface area contributed by atoms with Gasteiger partial charge in [0.1, 0.15) is 0 Å². The van der Waals surface area contributed by atoms with Crippen LogP contribution in [0.2, 0.25) is 5.02 Å². The van der Waals surface area contributed by atoms with E-state index in [4.69, 9.17) is 16.7 Å². The molecule has 1 aliphatic carbocycles. The molecule has 0 aliphatic heterocycles. The fraction of sp³-hybridized carbons (Fsp3) is 0.417. The topological polar surface area (TPSA) is 37.3 Å². The van der Waals surface area contributed by atoms with Crippen molar-refractivity contribution in [1.82, 2.24) is 0 Å². The summed E-state index contributed by atoms with van der Waals surface area (Å²) in [5.41, 5.74) is 2.37. The van der Waals surface area contributed by atoms with E-state index in [1.54, 1.807) is 0 Å². The summed E-state index contributed by atoms with van der Waals surface area (Å²) in [4.78, 5) is 10.8. The lowest BCUT2D eigenvalue weighted by molar-refractivity contribution is -0.137. The molecule has 2 unspecified atom stereocenters. The Balaban J connectivity index is 2.35. The molecule has 0 aromatic heterocycles. The third-order valence-corrected chi connectivity index (χ3v) is 3.37. The van der Waals surface area contributed by atoms with E-state index in [2.05, 4.69) is 6.92 Å². The number of hydrogen-bond donors (Lipinski definition) is 1. The number of aliphatic carboxylic acids is 1. The molecule has 0 saturated carbocycles. The van der Waals surface area contributed by atoms with Gasteiger partial charge in [0.2, 0.25) is 0 Å². The van der Waals surface area contributed by atoms with E-state index >= 15 is 0 Å². The van der Waals surface area contributed by atoms with Gasteiger partial charge in [-0.3, -0.25) is 4.79 Å². The zero-order chi connectivity index (χ0) is 11.0. The van der Waals surface area contributed by atoms with Crippen LogP contribution in [0.3, 0.4) is 0 Å². The largest absolute Gasteiger partial charge is 0.481 e. The van der Waals surface area contributed by atoms with Crippen molar-refractivity contribution in [3.8, 4) is 0 Å². The summed E-state index contributed by atoms with van der Waals surface area (Å²) in [6.07, 6.45) is 1.17. The number of halogens is 1. The van der Waals surface area contributed by atoms with Crippen LogP contribution in [-0.4, -0.2) is 11.1 Å². The molecule has 1 N–H and O–H groups in total. The smallest absolute Gasteiger partial charge is 0.303 e. The highest BCUT2D eigenvalue weighted by Gasteiger charge is 2.30. The molecule has 0 radical (unpaired) electrons. The van der Waals surface area contributed by atoms with Gasteiger partial charge in [0.15, 0.2) is 0 Å². The highest BCUT2D eigenvalue weighted by molar-refractivity contribution is 6.30. The second kappa shape index (κ2) is 3.86. The Hall–Kier alpha value is -1.02. The number of carboxylic acid groups (broad SMARTS) is 1. The minimum atomic E-state index is -0.736. The fourth-order valence-electron chi connectivity index (χ4n) is 2.39. The summed E-state index contributed by atoms with van der Waals surface area (Å²) in [5.74, 6) is -0.217. The predicted molar refractivity (Wildman–Crippen MR) is 59.3 cm³/mol. The fourth-order valence-corrected chi connectivity index (χ4v) is 2.57. The summed E-state index contributed by atoms with van der Waals surface area (Å²) < 4.78 is 0. The SMILES string of the molecule is CC1Cc2ccc(Cl)cc2C1CC(=O)O. The number of fused-ring (bicyclic) bond motifs is 1. The molecule has 0 heterocycles. The van der Waals surface area contributed by atoms with Gasteiger partial charge in [-0.25, -0.2) is 0 Å². The van der Waals surface area contributed by atoms with Crippen LogP contribution in [0.25, 0.3) is 0 Å². The van der Waals surface area contributed by atoms with Crippen LogP contribution in [0, 0.1) is 5.92 Å². The zero-order valence-corrected chi connectivity index (χ0v) is 9.29. The first-order valence-corrected chi connectivity index (χ1v) is 5.46. The summed E-state index contributed by atoms with van der Waals surface area (Å²) in [5, 5.41) is 9.55. The third-order valence-electron chi connectivity index (χ3n) is 3.13. The molecule has 15 heavy (non-hydrogen) atoms. The first kappa shape index (κ1) is 10.5. The average molecular weight is 225 g/mol. The van der Waals surface area contributed by atoms with E-state index in [1.807, 2.05) is 18.2 Å². The molecule has 2 nitrogen and oxygen atoms in total. The highest BCUT2D eigenvalue weighted by Crippen LogP contribution is 2.40. The predicted octanol–water partition coefficient (Wildman–Crippen LogP) is 3.09. The van der Waals surface area contributed by atoms with Crippen molar-refractivity contribution < 1.29 is 9.90 Å². The average Bonchev–Trinajstić information content (AvgIpc) is 2.43. The highest BCUT2D eigenvalue weighted by atomic mass is 35.5. The van der Waals surface area contributed by atoms with Crippen molar-refractivity contribution in [3.63, 3.8) is 0 Å². The molecular weight excluding hydrogens is 212 g/mol. The number of carboxylic acids is 1. The Labute approximate surface area is 93.9 Å². The lowest BCUT2D eigenvalue weighted by Gasteiger charge is -2.13. The molecule has 0 saturated heterocycles. The van der Waals surface area contributed by atoms with Crippen molar-refractivity contribution in [2.45, 2.75) is 25.7 Å². The van der Waals surface area contributed by atoms with Gasteiger partial charge >= 0.3 is 5.97 Å². The second-order valence-corrected chi connectivity index (χ2v) is 4.67. The van der Waals surface area contributed by atoms with Crippen molar-refractivity contribution in [1.29, 1.82) is 0 Å². The molecule has 2 atom stereocenters. The van der Waals surface area contributed by atoms with Crippen LogP contribution in [0.15, 0.2) is 18.2 Å². The van der Waals surface area contributed by atoms with Crippen LogP contribution in [0.1, 0.15) is 30.4 Å². The first-order valence-electron chi connectivity index (χ1n) is 5.08. The number of carbonyl (C=O) groups is 1. The molecule has 1 aromatic carbocycles. The Morgan fingerprint density at radius 3 is 3.00 bits per heavy atom.